The molecule has 3 amide bonds. The summed E-state index contributed by atoms with van der Waals surface area (Å²) in [5, 5.41) is 14.2. The largest absolute Gasteiger partial charge is 0.497 e. The molecular weight excluding hydrogens is 350 g/mol. The molecular formula is C19H27N3O5. The Morgan fingerprint density at radius 2 is 1.81 bits per heavy atom. The van der Waals surface area contributed by atoms with Gasteiger partial charge in [0.05, 0.1) is 12.5 Å². The van der Waals surface area contributed by atoms with Gasteiger partial charge in [-0.2, -0.15) is 0 Å². The van der Waals surface area contributed by atoms with E-state index in [4.69, 9.17) is 9.94 Å². The lowest BCUT2D eigenvalue weighted by molar-refractivity contribution is -0.141. The predicted octanol–water partition coefficient (Wildman–Crippen LogP) is 0.924. The lowest BCUT2D eigenvalue weighted by Crippen LogP contribution is -2.52. The fraction of sp³-hybridized carbons (Fsp3) is 0.526. The number of methoxy groups -OCH3 is 1. The molecule has 0 bridgehead atoms. The maximum Gasteiger partial charge on any atom is 0.244 e. The van der Waals surface area contributed by atoms with Crippen molar-refractivity contribution in [3.8, 4) is 5.75 Å². The molecule has 0 spiro atoms. The van der Waals surface area contributed by atoms with E-state index in [1.165, 1.54) is 7.05 Å². The standard InChI is InChI=1S/C19H27N3O5/c1-20-17(24)15(11-13-5-7-14(27-2)8-6-13)21-18(25)19(9-3-4-10-19)12-16(23)22-26/h5-8,15,26H,3-4,9-12H2,1-2H3,(H,20,24)(H,21,25)(H,22,23)/t15-/m0/s1. The summed E-state index contributed by atoms with van der Waals surface area (Å²) in [5.41, 5.74) is 1.58. The van der Waals surface area contributed by atoms with Gasteiger partial charge in [0.25, 0.3) is 0 Å². The van der Waals surface area contributed by atoms with Crippen LogP contribution in [0.5, 0.6) is 5.75 Å². The average Bonchev–Trinajstić information content (AvgIpc) is 3.16. The van der Waals surface area contributed by atoms with Gasteiger partial charge in [0.2, 0.25) is 17.7 Å². The topological polar surface area (TPSA) is 117 Å². The highest BCUT2D eigenvalue weighted by atomic mass is 16.5. The zero-order valence-corrected chi connectivity index (χ0v) is 15.7. The van der Waals surface area contributed by atoms with Gasteiger partial charge in [-0.3, -0.25) is 19.6 Å². The number of rotatable bonds is 8. The Bertz CT molecular complexity index is 668. The lowest BCUT2D eigenvalue weighted by atomic mass is 9.81. The second kappa shape index (κ2) is 9.36. The van der Waals surface area contributed by atoms with Gasteiger partial charge in [-0.25, -0.2) is 5.48 Å². The Hall–Kier alpha value is -2.61. The Morgan fingerprint density at radius 3 is 2.33 bits per heavy atom. The van der Waals surface area contributed by atoms with Crippen LogP contribution < -0.4 is 20.9 Å². The number of amides is 3. The highest BCUT2D eigenvalue weighted by molar-refractivity contribution is 5.93. The molecule has 2 rings (SSSR count). The number of hydrogen-bond acceptors (Lipinski definition) is 5. The van der Waals surface area contributed by atoms with Crippen molar-refractivity contribution in [2.45, 2.75) is 44.6 Å². The molecule has 1 aliphatic rings. The molecule has 0 aliphatic heterocycles. The number of likely N-dealkylation sites (N-methyl/N-ethyl adjacent to an activating group) is 1. The zero-order valence-electron chi connectivity index (χ0n) is 15.7. The molecule has 0 heterocycles. The molecule has 8 heteroatoms. The Morgan fingerprint density at radius 1 is 1.19 bits per heavy atom. The van der Waals surface area contributed by atoms with Crippen molar-refractivity contribution >= 4 is 17.7 Å². The van der Waals surface area contributed by atoms with Crippen molar-refractivity contribution < 1.29 is 24.3 Å². The van der Waals surface area contributed by atoms with Crippen LogP contribution in [0, 0.1) is 5.41 Å². The number of ether oxygens (including phenoxy) is 1. The fourth-order valence-electron chi connectivity index (χ4n) is 3.57. The van der Waals surface area contributed by atoms with E-state index < -0.39 is 17.4 Å². The first kappa shape index (κ1) is 20.7. The smallest absolute Gasteiger partial charge is 0.244 e. The van der Waals surface area contributed by atoms with E-state index in [2.05, 4.69) is 10.6 Å². The molecule has 0 radical (unpaired) electrons. The van der Waals surface area contributed by atoms with Crippen LogP contribution in [0.3, 0.4) is 0 Å². The third kappa shape index (κ3) is 5.19. The van der Waals surface area contributed by atoms with Gasteiger partial charge in [-0.1, -0.05) is 25.0 Å². The predicted molar refractivity (Wildman–Crippen MR) is 98.1 cm³/mol. The molecule has 1 atom stereocenters. The molecule has 4 N–H and O–H groups in total. The highest BCUT2D eigenvalue weighted by Gasteiger charge is 2.43. The summed E-state index contributed by atoms with van der Waals surface area (Å²) in [5.74, 6) is -0.525. The minimum Gasteiger partial charge on any atom is -0.497 e. The van der Waals surface area contributed by atoms with Crippen molar-refractivity contribution in [2.75, 3.05) is 14.2 Å². The summed E-state index contributed by atoms with van der Waals surface area (Å²) < 4.78 is 5.13. The second-order valence-electron chi connectivity index (χ2n) is 6.89. The Labute approximate surface area is 158 Å². The fourth-order valence-corrected chi connectivity index (χ4v) is 3.57. The van der Waals surface area contributed by atoms with E-state index in [0.29, 0.717) is 25.0 Å². The van der Waals surface area contributed by atoms with Gasteiger partial charge in [0, 0.05) is 19.9 Å². The zero-order chi connectivity index (χ0) is 19.9. The van der Waals surface area contributed by atoms with Gasteiger partial charge >= 0.3 is 0 Å². The van der Waals surface area contributed by atoms with Crippen molar-refractivity contribution in [3.05, 3.63) is 29.8 Å². The first-order chi connectivity index (χ1) is 12.9. The molecule has 1 saturated carbocycles. The van der Waals surface area contributed by atoms with Crippen LogP contribution in [0.1, 0.15) is 37.7 Å². The average molecular weight is 377 g/mol. The van der Waals surface area contributed by atoms with Crippen LogP contribution in [0.15, 0.2) is 24.3 Å². The van der Waals surface area contributed by atoms with E-state index in [-0.39, 0.29) is 18.2 Å². The third-order valence-corrected chi connectivity index (χ3v) is 5.13. The van der Waals surface area contributed by atoms with Crippen molar-refractivity contribution in [3.63, 3.8) is 0 Å². The molecule has 148 valence electrons. The Balaban J connectivity index is 2.14. The molecule has 1 fully saturated rings. The minimum absolute atomic E-state index is 0.0989. The summed E-state index contributed by atoms with van der Waals surface area (Å²) in [7, 11) is 3.09. The summed E-state index contributed by atoms with van der Waals surface area (Å²) in [4.78, 5) is 36.9. The normalized spacial score (nSPS) is 16.3. The molecule has 8 nitrogen and oxygen atoms in total. The van der Waals surface area contributed by atoms with E-state index in [0.717, 1.165) is 18.4 Å². The van der Waals surface area contributed by atoms with Gasteiger partial charge in [0.15, 0.2) is 0 Å². The number of carbonyl (C=O) groups excluding carboxylic acids is 3. The van der Waals surface area contributed by atoms with Gasteiger partial charge in [-0.15, -0.1) is 0 Å². The van der Waals surface area contributed by atoms with Crippen LogP contribution in [0.4, 0.5) is 0 Å². The van der Waals surface area contributed by atoms with Crippen molar-refractivity contribution in [2.24, 2.45) is 5.41 Å². The van der Waals surface area contributed by atoms with E-state index in [1.54, 1.807) is 24.7 Å². The van der Waals surface area contributed by atoms with Gasteiger partial charge in [0.1, 0.15) is 11.8 Å². The molecule has 27 heavy (non-hydrogen) atoms. The summed E-state index contributed by atoms with van der Waals surface area (Å²) >= 11 is 0. The van der Waals surface area contributed by atoms with E-state index >= 15 is 0 Å². The monoisotopic (exact) mass is 377 g/mol. The van der Waals surface area contributed by atoms with Crippen LogP contribution >= 0.6 is 0 Å². The molecule has 0 saturated heterocycles. The van der Waals surface area contributed by atoms with E-state index in [9.17, 15) is 14.4 Å². The molecule has 1 aromatic rings. The molecule has 1 aromatic carbocycles. The van der Waals surface area contributed by atoms with Crippen molar-refractivity contribution in [1.29, 1.82) is 0 Å². The van der Waals surface area contributed by atoms with Crippen LogP contribution in [-0.4, -0.2) is 43.1 Å². The lowest BCUT2D eigenvalue weighted by Gasteiger charge is -2.29. The van der Waals surface area contributed by atoms with E-state index in [1.807, 2.05) is 12.1 Å². The minimum atomic E-state index is -0.890. The Kier molecular flexibility index (Phi) is 7.18. The first-order valence-electron chi connectivity index (χ1n) is 9.02. The number of hydrogen-bond donors (Lipinski definition) is 4. The number of nitrogens with one attached hydrogen (secondary N) is 3. The summed E-state index contributed by atoms with van der Waals surface area (Å²) in [6, 6.07) is 6.51. The SMILES string of the molecule is CNC(=O)[C@H](Cc1ccc(OC)cc1)NC(=O)C1(CC(=O)NO)CCCC1. The number of benzene rings is 1. The summed E-state index contributed by atoms with van der Waals surface area (Å²) in [6.45, 7) is 0. The highest BCUT2D eigenvalue weighted by Crippen LogP contribution is 2.41. The van der Waals surface area contributed by atoms with Crippen LogP contribution in [0.2, 0.25) is 0 Å². The van der Waals surface area contributed by atoms with Crippen LogP contribution in [0.25, 0.3) is 0 Å². The molecule has 0 aromatic heterocycles. The quantitative estimate of drug-likeness (QED) is 0.397. The second-order valence-corrected chi connectivity index (χ2v) is 6.89. The molecule has 0 unspecified atom stereocenters. The van der Waals surface area contributed by atoms with Gasteiger partial charge in [-0.05, 0) is 30.5 Å². The number of carbonyl (C=O) groups is 3. The maximum absolute atomic E-state index is 13.0. The maximum atomic E-state index is 13.0. The first-order valence-corrected chi connectivity index (χ1v) is 9.02. The van der Waals surface area contributed by atoms with Crippen LogP contribution in [-0.2, 0) is 20.8 Å². The molecule has 1 aliphatic carbocycles. The summed E-state index contributed by atoms with van der Waals surface area (Å²) in [6.07, 6.45) is 2.98. The van der Waals surface area contributed by atoms with Gasteiger partial charge < -0.3 is 15.4 Å². The third-order valence-electron chi connectivity index (χ3n) is 5.13. The van der Waals surface area contributed by atoms with Crippen molar-refractivity contribution in [1.82, 2.24) is 16.1 Å². The number of hydroxylamine groups is 1.